The minimum Gasteiger partial charge on any atom is -0.493 e. The Kier molecular flexibility index (Phi) is 4.96. The van der Waals surface area contributed by atoms with Crippen LogP contribution in [0.5, 0.6) is 11.5 Å². The number of methoxy groups -OCH3 is 1. The van der Waals surface area contributed by atoms with Gasteiger partial charge in [0.25, 0.3) is 0 Å². The first-order chi connectivity index (χ1) is 10.8. The van der Waals surface area contributed by atoms with Crippen LogP contribution in [0, 0.1) is 0 Å². The SMILES string of the molecule is COc1cc(CNC2CC2)ccc1OCCc1ccccc1. The maximum Gasteiger partial charge on any atom is 0.161 e. The van der Waals surface area contributed by atoms with Gasteiger partial charge in [-0.25, -0.2) is 0 Å². The Balaban J connectivity index is 1.55. The normalized spacial score (nSPS) is 13.9. The lowest BCUT2D eigenvalue weighted by Gasteiger charge is -2.12. The van der Waals surface area contributed by atoms with E-state index in [9.17, 15) is 0 Å². The van der Waals surface area contributed by atoms with Crippen molar-refractivity contribution in [2.45, 2.75) is 31.8 Å². The summed E-state index contributed by atoms with van der Waals surface area (Å²) >= 11 is 0. The van der Waals surface area contributed by atoms with Gasteiger partial charge in [-0.2, -0.15) is 0 Å². The first-order valence-electron chi connectivity index (χ1n) is 7.92. The van der Waals surface area contributed by atoms with E-state index in [-0.39, 0.29) is 0 Å². The fourth-order valence-electron chi connectivity index (χ4n) is 2.41. The van der Waals surface area contributed by atoms with Crippen molar-refractivity contribution in [3.05, 3.63) is 59.7 Å². The van der Waals surface area contributed by atoms with Crippen molar-refractivity contribution < 1.29 is 9.47 Å². The summed E-state index contributed by atoms with van der Waals surface area (Å²) in [6.07, 6.45) is 3.50. The van der Waals surface area contributed by atoms with Gasteiger partial charge in [-0.1, -0.05) is 36.4 Å². The molecule has 0 radical (unpaired) electrons. The summed E-state index contributed by atoms with van der Waals surface area (Å²) in [6.45, 7) is 1.55. The Hall–Kier alpha value is -2.00. The predicted octanol–water partition coefficient (Wildman–Crippen LogP) is 3.57. The van der Waals surface area contributed by atoms with E-state index in [1.807, 2.05) is 12.1 Å². The lowest BCUT2D eigenvalue weighted by atomic mass is 10.1. The highest BCUT2D eigenvalue weighted by Crippen LogP contribution is 2.28. The molecule has 1 aliphatic rings. The molecule has 0 spiro atoms. The van der Waals surface area contributed by atoms with Crippen molar-refractivity contribution in [1.82, 2.24) is 5.32 Å². The molecule has 22 heavy (non-hydrogen) atoms. The summed E-state index contributed by atoms with van der Waals surface area (Å²) < 4.78 is 11.3. The van der Waals surface area contributed by atoms with Crippen molar-refractivity contribution in [3.8, 4) is 11.5 Å². The molecule has 3 rings (SSSR count). The zero-order valence-electron chi connectivity index (χ0n) is 13.0. The lowest BCUT2D eigenvalue weighted by molar-refractivity contribution is 0.297. The van der Waals surface area contributed by atoms with Crippen LogP contribution in [-0.2, 0) is 13.0 Å². The lowest BCUT2D eigenvalue weighted by Crippen LogP contribution is -2.15. The van der Waals surface area contributed by atoms with E-state index >= 15 is 0 Å². The summed E-state index contributed by atoms with van der Waals surface area (Å²) in [4.78, 5) is 0. The van der Waals surface area contributed by atoms with Crippen LogP contribution in [0.15, 0.2) is 48.5 Å². The quantitative estimate of drug-likeness (QED) is 0.808. The van der Waals surface area contributed by atoms with Crippen LogP contribution in [0.3, 0.4) is 0 Å². The first-order valence-corrected chi connectivity index (χ1v) is 7.92. The minimum atomic E-state index is 0.653. The van der Waals surface area contributed by atoms with E-state index in [1.165, 1.54) is 24.0 Å². The fourth-order valence-corrected chi connectivity index (χ4v) is 2.41. The smallest absolute Gasteiger partial charge is 0.161 e. The van der Waals surface area contributed by atoms with Crippen molar-refractivity contribution >= 4 is 0 Å². The Morgan fingerprint density at radius 3 is 2.55 bits per heavy atom. The van der Waals surface area contributed by atoms with Gasteiger partial charge < -0.3 is 14.8 Å². The van der Waals surface area contributed by atoms with Crippen LogP contribution < -0.4 is 14.8 Å². The molecule has 1 aliphatic carbocycles. The third-order valence-electron chi connectivity index (χ3n) is 3.89. The molecule has 0 saturated heterocycles. The maximum atomic E-state index is 5.88. The van der Waals surface area contributed by atoms with Gasteiger partial charge in [0.2, 0.25) is 0 Å². The molecule has 2 aromatic rings. The third-order valence-corrected chi connectivity index (χ3v) is 3.89. The summed E-state index contributed by atoms with van der Waals surface area (Å²) in [5.74, 6) is 1.62. The molecule has 2 aromatic carbocycles. The number of ether oxygens (including phenoxy) is 2. The molecule has 0 unspecified atom stereocenters. The molecule has 0 heterocycles. The molecule has 1 N–H and O–H groups in total. The van der Waals surface area contributed by atoms with Crippen LogP contribution in [0.25, 0.3) is 0 Å². The van der Waals surface area contributed by atoms with Gasteiger partial charge in [0.15, 0.2) is 11.5 Å². The van der Waals surface area contributed by atoms with Crippen LogP contribution >= 0.6 is 0 Å². The molecule has 0 amide bonds. The number of benzene rings is 2. The minimum absolute atomic E-state index is 0.653. The van der Waals surface area contributed by atoms with E-state index < -0.39 is 0 Å². The second-order valence-electron chi connectivity index (χ2n) is 5.72. The molecule has 1 fully saturated rings. The maximum absolute atomic E-state index is 5.88. The molecule has 3 heteroatoms. The number of rotatable bonds is 8. The number of hydrogen-bond donors (Lipinski definition) is 1. The third kappa shape index (κ3) is 4.25. The topological polar surface area (TPSA) is 30.5 Å². The Morgan fingerprint density at radius 2 is 1.82 bits per heavy atom. The Labute approximate surface area is 132 Å². The van der Waals surface area contributed by atoms with E-state index in [0.29, 0.717) is 12.6 Å². The Bertz CT molecular complexity index is 594. The summed E-state index contributed by atoms with van der Waals surface area (Å²) in [7, 11) is 1.69. The zero-order valence-corrected chi connectivity index (χ0v) is 13.0. The van der Waals surface area contributed by atoms with Gasteiger partial charge in [0, 0.05) is 19.0 Å². The van der Waals surface area contributed by atoms with E-state index in [1.54, 1.807) is 7.11 Å². The van der Waals surface area contributed by atoms with Crippen LogP contribution in [0.4, 0.5) is 0 Å². The molecule has 0 aromatic heterocycles. The highest BCUT2D eigenvalue weighted by Gasteiger charge is 2.20. The van der Waals surface area contributed by atoms with Gasteiger partial charge in [0.1, 0.15) is 0 Å². The zero-order chi connectivity index (χ0) is 15.2. The van der Waals surface area contributed by atoms with Crippen molar-refractivity contribution in [2.75, 3.05) is 13.7 Å². The highest BCUT2D eigenvalue weighted by molar-refractivity contribution is 5.43. The van der Waals surface area contributed by atoms with Crippen LogP contribution in [0.1, 0.15) is 24.0 Å². The van der Waals surface area contributed by atoms with E-state index in [2.05, 4.69) is 41.7 Å². The van der Waals surface area contributed by atoms with Gasteiger partial charge in [-0.05, 0) is 36.1 Å². The fraction of sp³-hybridized carbons (Fsp3) is 0.368. The first kappa shape index (κ1) is 14.9. The molecule has 116 valence electrons. The van der Waals surface area contributed by atoms with Gasteiger partial charge in [-0.15, -0.1) is 0 Å². The average Bonchev–Trinajstić information content (AvgIpc) is 3.39. The number of hydrogen-bond acceptors (Lipinski definition) is 3. The molecular weight excluding hydrogens is 274 g/mol. The van der Waals surface area contributed by atoms with Crippen molar-refractivity contribution in [3.63, 3.8) is 0 Å². The second kappa shape index (κ2) is 7.32. The Morgan fingerprint density at radius 1 is 1.00 bits per heavy atom. The number of nitrogens with one attached hydrogen (secondary N) is 1. The molecule has 0 aliphatic heterocycles. The molecule has 0 atom stereocenters. The highest BCUT2D eigenvalue weighted by atomic mass is 16.5. The largest absolute Gasteiger partial charge is 0.493 e. The van der Waals surface area contributed by atoms with Gasteiger partial charge in [-0.3, -0.25) is 0 Å². The summed E-state index contributed by atoms with van der Waals surface area (Å²) in [5, 5.41) is 3.51. The van der Waals surface area contributed by atoms with Crippen LogP contribution in [0.2, 0.25) is 0 Å². The molecule has 3 nitrogen and oxygen atoms in total. The second-order valence-corrected chi connectivity index (χ2v) is 5.72. The van der Waals surface area contributed by atoms with E-state index in [0.717, 1.165) is 24.5 Å². The van der Waals surface area contributed by atoms with Crippen molar-refractivity contribution in [2.24, 2.45) is 0 Å². The summed E-state index contributed by atoms with van der Waals surface area (Å²) in [5.41, 5.74) is 2.52. The molecule has 0 bridgehead atoms. The standard InChI is InChI=1S/C19H23NO2/c1-21-19-13-16(14-20-17-8-9-17)7-10-18(19)22-12-11-15-5-3-2-4-6-15/h2-7,10,13,17,20H,8-9,11-12,14H2,1H3. The van der Waals surface area contributed by atoms with E-state index in [4.69, 9.17) is 9.47 Å². The monoisotopic (exact) mass is 297 g/mol. The predicted molar refractivity (Wildman–Crippen MR) is 88.5 cm³/mol. The van der Waals surface area contributed by atoms with Gasteiger partial charge >= 0.3 is 0 Å². The van der Waals surface area contributed by atoms with Crippen LogP contribution in [-0.4, -0.2) is 19.8 Å². The summed E-state index contributed by atoms with van der Waals surface area (Å²) in [6, 6.07) is 17.3. The van der Waals surface area contributed by atoms with Crippen molar-refractivity contribution in [1.29, 1.82) is 0 Å². The molecule has 1 saturated carbocycles. The molecular formula is C19H23NO2. The average molecular weight is 297 g/mol. The van der Waals surface area contributed by atoms with Gasteiger partial charge in [0.05, 0.1) is 13.7 Å².